The smallest absolute Gasteiger partial charge is 0.250 e. The second-order valence-corrected chi connectivity index (χ2v) is 9.29. The van der Waals surface area contributed by atoms with Crippen LogP contribution in [-0.2, 0) is 4.79 Å². The number of aromatic nitrogens is 1. The molecule has 0 aliphatic heterocycles. The normalized spacial score (nSPS) is 11.1. The Labute approximate surface area is 233 Å². The quantitative estimate of drug-likeness (QED) is 0.162. The molecule has 0 saturated carbocycles. The Bertz CT molecular complexity index is 1690. The molecule has 0 unspecified atom stereocenters. The van der Waals surface area contributed by atoms with Gasteiger partial charge in [-0.2, -0.15) is 0 Å². The molecule has 1 amide bonds. The van der Waals surface area contributed by atoms with Crippen LogP contribution in [0.3, 0.4) is 0 Å². The summed E-state index contributed by atoms with van der Waals surface area (Å²) in [6.45, 7) is 0. The highest BCUT2D eigenvalue weighted by Gasteiger charge is 2.11. The summed E-state index contributed by atoms with van der Waals surface area (Å²) < 4.78 is 16.9. The van der Waals surface area contributed by atoms with Gasteiger partial charge in [0.25, 0.3) is 0 Å². The first-order valence-electron chi connectivity index (χ1n) is 11.3. The van der Waals surface area contributed by atoms with Crippen LogP contribution in [0.15, 0.2) is 87.7 Å². The fourth-order valence-electron chi connectivity index (χ4n) is 3.64. The third-order valence-corrected chi connectivity index (χ3v) is 6.17. The van der Waals surface area contributed by atoms with Gasteiger partial charge in [0.2, 0.25) is 11.8 Å². The van der Waals surface area contributed by atoms with E-state index in [0.29, 0.717) is 55.6 Å². The van der Waals surface area contributed by atoms with Crippen molar-refractivity contribution in [1.29, 1.82) is 0 Å². The number of anilines is 1. The standard InChI is InChI=1S/C28H19Cl2N3O4S/c1-35-20-7-11-25-23(15-20)32-27(37-25)16-3-2-4-18(13-16)31-28(38)33-26(34)12-8-19-6-10-24(36-19)21-9-5-17(29)14-22(21)30/h2-15H,1H3,(H2,31,33,34,38)/b12-8+. The first kappa shape index (κ1) is 25.5. The number of nitrogens with zero attached hydrogens (tertiary/aromatic N) is 1. The van der Waals surface area contributed by atoms with Crippen molar-refractivity contribution in [3.63, 3.8) is 0 Å². The number of thiocarbonyl (C=S) groups is 1. The van der Waals surface area contributed by atoms with Crippen molar-refractivity contribution in [2.24, 2.45) is 0 Å². The first-order valence-corrected chi connectivity index (χ1v) is 12.4. The van der Waals surface area contributed by atoms with Crippen molar-refractivity contribution < 1.29 is 18.4 Å². The predicted molar refractivity (Wildman–Crippen MR) is 154 cm³/mol. The number of carbonyl (C=O) groups is 1. The van der Waals surface area contributed by atoms with Crippen LogP contribution >= 0.6 is 35.4 Å². The van der Waals surface area contributed by atoms with Crippen molar-refractivity contribution in [1.82, 2.24) is 10.3 Å². The molecule has 190 valence electrons. The van der Waals surface area contributed by atoms with E-state index in [4.69, 9.17) is 49.0 Å². The molecule has 0 atom stereocenters. The number of fused-ring (bicyclic) bond motifs is 1. The number of hydrogen-bond donors (Lipinski definition) is 2. The molecule has 5 aromatic rings. The van der Waals surface area contributed by atoms with Gasteiger partial charge in [-0.15, -0.1) is 0 Å². The monoisotopic (exact) mass is 563 g/mol. The fraction of sp³-hybridized carbons (Fsp3) is 0.0357. The van der Waals surface area contributed by atoms with Crippen LogP contribution < -0.4 is 15.4 Å². The lowest BCUT2D eigenvalue weighted by Gasteiger charge is -2.08. The average molecular weight is 564 g/mol. The predicted octanol–water partition coefficient (Wildman–Crippen LogP) is 7.60. The number of rotatable bonds is 6. The minimum atomic E-state index is -0.422. The van der Waals surface area contributed by atoms with Gasteiger partial charge in [-0.05, 0) is 79.0 Å². The van der Waals surface area contributed by atoms with Crippen LogP contribution in [0.1, 0.15) is 5.76 Å². The van der Waals surface area contributed by atoms with Crippen molar-refractivity contribution in [3.05, 3.63) is 94.7 Å². The molecule has 10 heteroatoms. The Kier molecular flexibility index (Phi) is 7.46. The molecule has 0 spiro atoms. The molecule has 7 nitrogen and oxygen atoms in total. The van der Waals surface area contributed by atoms with Gasteiger partial charge in [-0.1, -0.05) is 29.3 Å². The van der Waals surface area contributed by atoms with E-state index in [0.717, 1.165) is 5.56 Å². The fourth-order valence-corrected chi connectivity index (χ4v) is 4.36. The van der Waals surface area contributed by atoms with Gasteiger partial charge in [-0.3, -0.25) is 10.1 Å². The van der Waals surface area contributed by atoms with E-state index in [1.54, 1.807) is 49.6 Å². The van der Waals surface area contributed by atoms with Gasteiger partial charge in [0, 0.05) is 34.0 Å². The zero-order valence-corrected chi connectivity index (χ0v) is 22.2. The lowest BCUT2D eigenvalue weighted by molar-refractivity contribution is -0.115. The summed E-state index contributed by atoms with van der Waals surface area (Å²) in [5, 5.41) is 6.74. The number of halogens is 2. The molecule has 0 saturated heterocycles. The first-order chi connectivity index (χ1) is 18.4. The molecule has 0 radical (unpaired) electrons. The lowest BCUT2D eigenvalue weighted by atomic mass is 10.2. The number of amides is 1. The van der Waals surface area contributed by atoms with Crippen LogP contribution in [0.25, 0.3) is 40.0 Å². The van der Waals surface area contributed by atoms with E-state index >= 15 is 0 Å². The largest absolute Gasteiger partial charge is 0.497 e. The summed E-state index contributed by atoms with van der Waals surface area (Å²) >= 11 is 17.5. The molecular weight excluding hydrogens is 545 g/mol. The Morgan fingerprint density at radius 3 is 2.71 bits per heavy atom. The molecule has 38 heavy (non-hydrogen) atoms. The number of furan rings is 1. The Morgan fingerprint density at radius 1 is 1.03 bits per heavy atom. The topological polar surface area (TPSA) is 89.5 Å². The van der Waals surface area contributed by atoms with E-state index in [-0.39, 0.29) is 5.11 Å². The van der Waals surface area contributed by atoms with Crippen LogP contribution in [-0.4, -0.2) is 23.1 Å². The molecule has 0 aliphatic carbocycles. The second-order valence-electron chi connectivity index (χ2n) is 8.04. The number of ether oxygens (including phenoxy) is 1. The van der Waals surface area contributed by atoms with Crippen LogP contribution in [0.2, 0.25) is 10.0 Å². The summed E-state index contributed by atoms with van der Waals surface area (Å²) in [4.78, 5) is 16.9. The van der Waals surface area contributed by atoms with Crippen molar-refractivity contribution in [2.45, 2.75) is 0 Å². The number of nitrogens with one attached hydrogen (secondary N) is 2. The second kappa shape index (κ2) is 11.1. The minimum absolute atomic E-state index is 0.132. The molecule has 2 N–H and O–H groups in total. The van der Waals surface area contributed by atoms with E-state index in [2.05, 4.69) is 15.6 Å². The highest BCUT2D eigenvalue weighted by Crippen LogP contribution is 2.32. The van der Waals surface area contributed by atoms with Gasteiger partial charge >= 0.3 is 0 Å². The number of oxazole rings is 1. The zero-order valence-electron chi connectivity index (χ0n) is 19.8. The summed E-state index contributed by atoms with van der Waals surface area (Å²) in [5.41, 5.74) is 3.44. The molecule has 0 bridgehead atoms. The molecule has 2 aromatic heterocycles. The SMILES string of the molecule is COc1ccc2oc(-c3cccc(NC(=S)NC(=O)/C=C/c4ccc(-c5ccc(Cl)cc5Cl)o4)c3)nc2c1. The van der Waals surface area contributed by atoms with Crippen molar-refractivity contribution >= 4 is 69.3 Å². The summed E-state index contributed by atoms with van der Waals surface area (Å²) in [5.74, 6) is 1.76. The van der Waals surface area contributed by atoms with Crippen molar-refractivity contribution in [3.8, 4) is 28.5 Å². The molecule has 5 rings (SSSR count). The van der Waals surface area contributed by atoms with Gasteiger partial charge in [0.15, 0.2) is 10.7 Å². The summed E-state index contributed by atoms with van der Waals surface area (Å²) in [6.07, 6.45) is 2.86. The molecule has 3 aromatic carbocycles. The van der Waals surface area contributed by atoms with Gasteiger partial charge in [0.05, 0.1) is 12.1 Å². The van der Waals surface area contributed by atoms with Crippen LogP contribution in [0.4, 0.5) is 5.69 Å². The van der Waals surface area contributed by atoms with Gasteiger partial charge < -0.3 is 18.9 Å². The molecule has 0 aliphatic rings. The molecule has 2 heterocycles. The maximum absolute atomic E-state index is 12.4. The number of carbonyl (C=O) groups excluding carboxylic acids is 1. The van der Waals surface area contributed by atoms with Crippen molar-refractivity contribution in [2.75, 3.05) is 12.4 Å². The highest BCUT2D eigenvalue weighted by atomic mass is 35.5. The Morgan fingerprint density at radius 2 is 1.89 bits per heavy atom. The van der Waals surface area contributed by atoms with Gasteiger partial charge in [0.1, 0.15) is 22.8 Å². The maximum Gasteiger partial charge on any atom is 0.250 e. The van der Waals surface area contributed by atoms with Gasteiger partial charge in [-0.25, -0.2) is 4.98 Å². The van der Waals surface area contributed by atoms with E-state index in [9.17, 15) is 4.79 Å². The number of hydrogen-bond acceptors (Lipinski definition) is 6. The summed E-state index contributed by atoms with van der Waals surface area (Å²) in [6, 6.07) is 21.4. The number of methoxy groups -OCH3 is 1. The van der Waals surface area contributed by atoms with E-state index in [1.807, 2.05) is 30.3 Å². The maximum atomic E-state index is 12.4. The van der Waals surface area contributed by atoms with E-state index in [1.165, 1.54) is 12.2 Å². The minimum Gasteiger partial charge on any atom is -0.497 e. The van der Waals surface area contributed by atoms with Crippen LogP contribution in [0, 0.1) is 0 Å². The number of benzene rings is 3. The average Bonchev–Trinajstić information content (AvgIpc) is 3.54. The Balaban J connectivity index is 1.21. The molecular formula is C28H19Cl2N3O4S. The lowest BCUT2D eigenvalue weighted by Crippen LogP contribution is -2.32. The molecule has 0 fully saturated rings. The highest BCUT2D eigenvalue weighted by molar-refractivity contribution is 7.80. The summed E-state index contributed by atoms with van der Waals surface area (Å²) in [7, 11) is 1.60. The van der Waals surface area contributed by atoms with Crippen LogP contribution in [0.5, 0.6) is 5.75 Å². The van der Waals surface area contributed by atoms with E-state index < -0.39 is 5.91 Å². The third-order valence-electron chi connectivity index (χ3n) is 5.42. The Hall–Kier alpha value is -4.11. The zero-order chi connectivity index (χ0) is 26.6. The third kappa shape index (κ3) is 5.89.